The molecular weight excluding hydrogens is 294 g/mol. The molecule has 3 rings (SSSR count). The summed E-state index contributed by atoms with van der Waals surface area (Å²) in [6.07, 6.45) is 2.42. The van der Waals surface area contributed by atoms with E-state index in [9.17, 15) is 0 Å². The predicted octanol–water partition coefficient (Wildman–Crippen LogP) is 4.93. The number of fused-ring (bicyclic) bond motifs is 1. The summed E-state index contributed by atoms with van der Waals surface area (Å²) >= 11 is 4.08. The summed E-state index contributed by atoms with van der Waals surface area (Å²) in [7, 11) is 0. The molecule has 1 aliphatic rings. The van der Waals surface area contributed by atoms with Crippen molar-refractivity contribution in [3.8, 4) is 0 Å². The van der Waals surface area contributed by atoms with E-state index in [0.29, 0.717) is 6.04 Å². The van der Waals surface area contributed by atoms with E-state index in [4.69, 9.17) is 0 Å². The molecule has 0 aliphatic carbocycles. The van der Waals surface area contributed by atoms with Crippen LogP contribution < -0.4 is 5.32 Å². The number of thiophene rings is 1. The fourth-order valence-electron chi connectivity index (χ4n) is 2.74. The lowest BCUT2D eigenvalue weighted by atomic mass is 10.0. The van der Waals surface area contributed by atoms with Gasteiger partial charge in [0.25, 0.3) is 0 Å². The third-order valence-corrected chi connectivity index (χ3v) is 6.25. The molecule has 0 fully saturated rings. The molecule has 1 unspecified atom stereocenters. The molecule has 1 aromatic carbocycles. The topological polar surface area (TPSA) is 12.0 Å². The second-order valence-corrected chi connectivity index (χ2v) is 7.97. The zero-order chi connectivity index (χ0) is 14.7. The average Bonchev–Trinajstić information content (AvgIpc) is 2.93. The number of aryl methyl sites for hydroxylation is 2. The molecular formula is C18H23NS2. The van der Waals surface area contributed by atoms with Crippen LogP contribution >= 0.6 is 23.1 Å². The average molecular weight is 318 g/mol. The standard InChI is InChI=1S/C18H23NS2/c1-3-9-19-18(14-6-4-13(2)5-7-14)17-11-15-12-20-10-8-16(15)21-17/h4-7,11,18-19H,3,8-10,12H2,1-2H3. The van der Waals surface area contributed by atoms with Crippen molar-refractivity contribution in [3.63, 3.8) is 0 Å². The Bertz CT molecular complexity index is 562. The first-order valence-corrected chi connectivity index (χ1v) is 9.74. The van der Waals surface area contributed by atoms with Gasteiger partial charge in [-0.1, -0.05) is 36.8 Å². The van der Waals surface area contributed by atoms with E-state index in [1.54, 1.807) is 10.4 Å². The van der Waals surface area contributed by atoms with Crippen LogP contribution in [0.1, 0.15) is 45.8 Å². The summed E-state index contributed by atoms with van der Waals surface area (Å²) < 4.78 is 0. The Balaban J connectivity index is 1.91. The van der Waals surface area contributed by atoms with Gasteiger partial charge in [-0.05, 0) is 49.3 Å². The Morgan fingerprint density at radius 1 is 1.24 bits per heavy atom. The maximum atomic E-state index is 3.73. The molecule has 0 saturated heterocycles. The Morgan fingerprint density at radius 3 is 2.76 bits per heavy atom. The summed E-state index contributed by atoms with van der Waals surface area (Å²) in [6, 6.07) is 11.8. The molecule has 0 bridgehead atoms. The Kier molecular flexibility index (Phi) is 5.04. The first-order chi connectivity index (χ1) is 10.3. The van der Waals surface area contributed by atoms with Gasteiger partial charge in [-0.3, -0.25) is 0 Å². The van der Waals surface area contributed by atoms with Gasteiger partial charge in [0.1, 0.15) is 0 Å². The monoisotopic (exact) mass is 317 g/mol. The lowest BCUT2D eigenvalue weighted by molar-refractivity contribution is 0.605. The van der Waals surface area contributed by atoms with Crippen LogP contribution in [-0.4, -0.2) is 12.3 Å². The van der Waals surface area contributed by atoms with E-state index in [2.05, 4.69) is 61.3 Å². The van der Waals surface area contributed by atoms with Crippen molar-refractivity contribution in [2.75, 3.05) is 12.3 Å². The van der Waals surface area contributed by atoms with Crippen molar-refractivity contribution in [1.82, 2.24) is 5.32 Å². The molecule has 0 radical (unpaired) electrons. The van der Waals surface area contributed by atoms with Crippen LogP contribution in [0.15, 0.2) is 30.3 Å². The Hall–Kier alpha value is -0.770. The van der Waals surface area contributed by atoms with Crippen LogP contribution in [0.25, 0.3) is 0 Å². The maximum absolute atomic E-state index is 3.73. The number of hydrogen-bond donors (Lipinski definition) is 1. The number of nitrogens with one attached hydrogen (secondary N) is 1. The Labute approximate surface area is 136 Å². The predicted molar refractivity (Wildman–Crippen MR) is 95.5 cm³/mol. The summed E-state index contributed by atoms with van der Waals surface area (Å²) in [5.74, 6) is 2.48. The molecule has 1 aliphatic heterocycles. The second-order valence-electron chi connectivity index (χ2n) is 5.70. The highest BCUT2D eigenvalue weighted by atomic mass is 32.2. The quantitative estimate of drug-likeness (QED) is 0.838. The normalized spacial score (nSPS) is 15.7. The minimum absolute atomic E-state index is 0.353. The van der Waals surface area contributed by atoms with E-state index < -0.39 is 0 Å². The summed E-state index contributed by atoms with van der Waals surface area (Å²) in [4.78, 5) is 3.10. The zero-order valence-corrected chi connectivity index (χ0v) is 14.4. The highest BCUT2D eigenvalue weighted by molar-refractivity contribution is 7.98. The molecule has 0 spiro atoms. The third kappa shape index (κ3) is 3.53. The van der Waals surface area contributed by atoms with Gasteiger partial charge in [0.05, 0.1) is 6.04 Å². The molecule has 1 aromatic heterocycles. The van der Waals surface area contributed by atoms with Gasteiger partial charge in [-0.15, -0.1) is 11.3 Å². The van der Waals surface area contributed by atoms with Crippen LogP contribution in [0, 0.1) is 6.92 Å². The molecule has 2 aromatic rings. The largest absolute Gasteiger partial charge is 0.306 e. The van der Waals surface area contributed by atoms with Gasteiger partial charge >= 0.3 is 0 Å². The van der Waals surface area contributed by atoms with Gasteiger partial charge in [0.15, 0.2) is 0 Å². The summed E-state index contributed by atoms with van der Waals surface area (Å²) in [5.41, 5.74) is 4.29. The summed E-state index contributed by atoms with van der Waals surface area (Å²) in [6.45, 7) is 5.45. The maximum Gasteiger partial charge on any atom is 0.0671 e. The highest BCUT2D eigenvalue weighted by Gasteiger charge is 2.20. The molecule has 3 heteroatoms. The van der Waals surface area contributed by atoms with Crippen molar-refractivity contribution in [2.24, 2.45) is 0 Å². The summed E-state index contributed by atoms with van der Waals surface area (Å²) in [5, 5.41) is 3.73. The van der Waals surface area contributed by atoms with Crippen molar-refractivity contribution in [2.45, 2.75) is 38.5 Å². The van der Waals surface area contributed by atoms with Crippen molar-refractivity contribution in [3.05, 3.63) is 56.8 Å². The molecule has 1 atom stereocenters. The smallest absolute Gasteiger partial charge is 0.0671 e. The molecule has 21 heavy (non-hydrogen) atoms. The van der Waals surface area contributed by atoms with Gasteiger partial charge in [-0.25, -0.2) is 0 Å². The van der Waals surface area contributed by atoms with Crippen molar-refractivity contribution < 1.29 is 0 Å². The van der Waals surface area contributed by atoms with Crippen molar-refractivity contribution >= 4 is 23.1 Å². The molecule has 0 saturated carbocycles. The molecule has 1 nitrogen and oxygen atoms in total. The fraction of sp³-hybridized carbons (Fsp3) is 0.444. The first kappa shape index (κ1) is 15.1. The second kappa shape index (κ2) is 6.99. The molecule has 2 heterocycles. The number of thioether (sulfide) groups is 1. The van der Waals surface area contributed by atoms with Gasteiger partial charge < -0.3 is 5.32 Å². The third-order valence-electron chi connectivity index (χ3n) is 3.94. The van der Waals surface area contributed by atoms with E-state index in [1.807, 2.05) is 11.3 Å². The number of rotatable bonds is 5. The van der Waals surface area contributed by atoms with Gasteiger partial charge in [-0.2, -0.15) is 11.8 Å². The van der Waals surface area contributed by atoms with Crippen LogP contribution in [0.4, 0.5) is 0 Å². The molecule has 112 valence electrons. The van der Waals surface area contributed by atoms with Crippen LogP contribution in [0.2, 0.25) is 0 Å². The van der Waals surface area contributed by atoms with Gasteiger partial charge in [0.2, 0.25) is 0 Å². The SMILES string of the molecule is CCCNC(c1ccc(C)cc1)c1cc2c(s1)CCSC2. The van der Waals surface area contributed by atoms with Crippen LogP contribution in [0.5, 0.6) is 0 Å². The number of hydrogen-bond acceptors (Lipinski definition) is 3. The number of benzene rings is 1. The lowest BCUT2D eigenvalue weighted by Gasteiger charge is -2.18. The van der Waals surface area contributed by atoms with E-state index in [-0.39, 0.29) is 0 Å². The molecule has 1 N–H and O–H groups in total. The lowest BCUT2D eigenvalue weighted by Crippen LogP contribution is -2.22. The van der Waals surface area contributed by atoms with E-state index in [1.165, 1.54) is 40.4 Å². The Morgan fingerprint density at radius 2 is 2.05 bits per heavy atom. The van der Waals surface area contributed by atoms with E-state index in [0.717, 1.165) is 6.54 Å². The van der Waals surface area contributed by atoms with E-state index >= 15 is 0 Å². The minimum Gasteiger partial charge on any atom is -0.306 e. The van der Waals surface area contributed by atoms with Crippen molar-refractivity contribution in [1.29, 1.82) is 0 Å². The minimum atomic E-state index is 0.353. The fourth-order valence-corrected chi connectivity index (χ4v) is 5.22. The van der Waals surface area contributed by atoms with Gasteiger partial charge in [0, 0.05) is 15.5 Å². The van der Waals surface area contributed by atoms with Crippen LogP contribution in [-0.2, 0) is 12.2 Å². The van der Waals surface area contributed by atoms with Crippen LogP contribution in [0.3, 0.4) is 0 Å². The first-order valence-electron chi connectivity index (χ1n) is 7.77. The highest BCUT2D eigenvalue weighted by Crippen LogP contribution is 2.36. The zero-order valence-electron chi connectivity index (χ0n) is 12.8. The molecule has 0 amide bonds.